The first-order valence-electron chi connectivity index (χ1n) is 5.02. The quantitative estimate of drug-likeness (QED) is 0.805. The van der Waals surface area contributed by atoms with Crippen molar-refractivity contribution >= 4 is 11.6 Å². The van der Waals surface area contributed by atoms with Gasteiger partial charge in [-0.3, -0.25) is 0 Å². The van der Waals surface area contributed by atoms with Crippen LogP contribution in [0.2, 0.25) is 0 Å². The summed E-state index contributed by atoms with van der Waals surface area (Å²) in [6, 6.07) is 0.752. The molecule has 0 bridgehead atoms. The summed E-state index contributed by atoms with van der Waals surface area (Å²) < 4.78 is 25.9. The first-order valence-corrected chi connectivity index (χ1v) is 5.02. The molecule has 0 atom stereocenters. The van der Waals surface area contributed by atoms with Crippen LogP contribution in [0.25, 0.3) is 0 Å². The van der Waals surface area contributed by atoms with Gasteiger partial charge in [-0.1, -0.05) is 12.8 Å². The maximum Gasteiger partial charge on any atom is 0.168 e. The number of nitrogens with two attached hydrogens (primary N) is 1. The maximum absolute atomic E-state index is 13.1. The molecule has 0 spiro atoms. The van der Waals surface area contributed by atoms with Crippen LogP contribution >= 0.6 is 0 Å². The largest absolute Gasteiger partial charge is 0.381 e. The molecule has 0 saturated heterocycles. The van der Waals surface area contributed by atoms with Gasteiger partial charge in [0, 0.05) is 12.6 Å². The molecule has 1 aromatic heterocycles. The molecule has 3 nitrogen and oxygen atoms in total. The second-order valence-corrected chi connectivity index (χ2v) is 3.84. The highest BCUT2D eigenvalue weighted by Gasteiger charge is 2.20. The zero-order valence-electron chi connectivity index (χ0n) is 8.26. The molecule has 1 aromatic rings. The molecule has 1 aliphatic rings. The molecule has 0 amide bonds. The van der Waals surface area contributed by atoms with E-state index in [0.29, 0.717) is 6.54 Å². The van der Waals surface area contributed by atoms with Crippen molar-refractivity contribution in [1.29, 1.82) is 0 Å². The number of nitrogens with zero attached hydrogens (tertiary/aromatic N) is 1. The zero-order chi connectivity index (χ0) is 10.8. The van der Waals surface area contributed by atoms with Crippen molar-refractivity contribution in [1.82, 2.24) is 4.98 Å². The van der Waals surface area contributed by atoms with Crippen LogP contribution in [0.15, 0.2) is 6.07 Å². The van der Waals surface area contributed by atoms with Gasteiger partial charge in [-0.2, -0.15) is 0 Å². The minimum atomic E-state index is -0.819. The zero-order valence-corrected chi connectivity index (χ0v) is 8.26. The summed E-state index contributed by atoms with van der Waals surface area (Å²) in [4.78, 5) is 3.61. The molecule has 0 radical (unpaired) electrons. The van der Waals surface area contributed by atoms with Crippen molar-refractivity contribution < 1.29 is 8.78 Å². The Kier molecular flexibility index (Phi) is 2.70. The smallest absolute Gasteiger partial charge is 0.168 e. The van der Waals surface area contributed by atoms with Gasteiger partial charge in [0.25, 0.3) is 0 Å². The molecule has 0 unspecified atom stereocenters. The Hall–Kier alpha value is -1.39. The summed E-state index contributed by atoms with van der Waals surface area (Å²) in [7, 11) is 0. The predicted octanol–water partition coefficient (Wildman–Crippen LogP) is 2.15. The number of nitrogens with one attached hydrogen (secondary N) is 1. The molecule has 3 N–H and O–H groups in total. The number of halogens is 2. The van der Waals surface area contributed by atoms with Crippen LogP contribution < -0.4 is 11.1 Å². The number of nitrogen functional groups attached to an aromatic ring is 1. The minimum absolute atomic E-state index is 0.0366. The van der Waals surface area contributed by atoms with E-state index in [2.05, 4.69) is 10.3 Å². The predicted molar refractivity (Wildman–Crippen MR) is 54.4 cm³/mol. The van der Waals surface area contributed by atoms with Gasteiger partial charge in [-0.25, -0.2) is 13.8 Å². The number of aromatic nitrogens is 1. The molecule has 1 aliphatic carbocycles. The first-order chi connectivity index (χ1) is 7.16. The van der Waals surface area contributed by atoms with E-state index in [4.69, 9.17) is 5.73 Å². The second kappa shape index (κ2) is 4.00. The molecule has 0 aliphatic heterocycles. The lowest BCUT2D eigenvalue weighted by molar-refractivity contribution is 0.579. The molecular formula is C10H13F2N3. The average Bonchev–Trinajstić information content (AvgIpc) is 2.97. The summed E-state index contributed by atoms with van der Waals surface area (Å²) in [6.45, 7) is 0.652. The van der Waals surface area contributed by atoms with Gasteiger partial charge >= 0.3 is 0 Å². The number of hydrogen-bond acceptors (Lipinski definition) is 3. The van der Waals surface area contributed by atoms with Crippen LogP contribution in [0.4, 0.5) is 20.4 Å². The van der Waals surface area contributed by atoms with E-state index in [0.717, 1.165) is 18.4 Å². The molecule has 0 aromatic carbocycles. The first kappa shape index (κ1) is 10.1. The van der Waals surface area contributed by atoms with Crippen LogP contribution in [-0.2, 0) is 0 Å². The number of pyridine rings is 1. The van der Waals surface area contributed by atoms with Gasteiger partial charge in [0.1, 0.15) is 0 Å². The third kappa shape index (κ3) is 2.55. The number of rotatable bonds is 4. The molecular weight excluding hydrogens is 200 g/mol. The minimum Gasteiger partial charge on any atom is -0.381 e. The Morgan fingerprint density at radius 3 is 2.80 bits per heavy atom. The monoisotopic (exact) mass is 213 g/mol. The number of anilines is 2. The van der Waals surface area contributed by atoms with Crippen molar-refractivity contribution in [2.75, 3.05) is 17.6 Å². The molecule has 82 valence electrons. The van der Waals surface area contributed by atoms with Crippen molar-refractivity contribution in [2.45, 2.75) is 19.3 Å². The lowest BCUT2D eigenvalue weighted by Crippen LogP contribution is -2.08. The van der Waals surface area contributed by atoms with Crippen LogP contribution in [-0.4, -0.2) is 11.5 Å². The summed E-state index contributed by atoms with van der Waals surface area (Å²) in [5.74, 6) is -0.990. The summed E-state index contributed by atoms with van der Waals surface area (Å²) in [5, 5.41) is 2.82. The van der Waals surface area contributed by atoms with Crippen molar-refractivity contribution in [3.8, 4) is 0 Å². The Morgan fingerprint density at radius 2 is 2.13 bits per heavy atom. The molecule has 2 rings (SSSR count). The van der Waals surface area contributed by atoms with Crippen molar-refractivity contribution in [3.05, 3.63) is 17.7 Å². The Bertz CT molecular complexity index is 364. The lowest BCUT2D eigenvalue weighted by Gasteiger charge is -2.07. The Labute approximate surface area is 86.7 Å². The van der Waals surface area contributed by atoms with E-state index >= 15 is 0 Å². The van der Waals surface area contributed by atoms with Gasteiger partial charge in [0.15, 0.2) is 23.3 Å². The van der Waals surface area contributed by atoms with Crippen LogP contribution in [0, 0.1) is 17.6 Å². The van der Waals surface area contributed by atoms with E-state index < -0.39 is 11.6 Å². The topological polar surface area (TPSA) is 50.9 Å². The SMILES string of the molecule is Nc1nc(NCCC2CC2)c(F)cc1F. The average molecular weight is 213 g/mol. The van der Waals surface area contributed by atoms with E-state index in [9.17, 15) is 8.78 Å². The van der Waals surface area contributed by atoms with Gasteiger partial charge in [0.05, 0.1) is 0 Å². The van der Waals surface area contributed by atoms with E-state index in [1.807, 2.05) is 0 Å². The standard InChI is InChI=1S/C10H13F2N3/c11-7-5-8(12)10(15-9(7)13)14-4-3-6-1-2-6/h5-6H,1-4H2,(H3,13,14,15). The lowest BCUT2D eigenvalue weighted by atomic mass is 10.3. The van der Waals surface area contributed by atoms with Crippen LogP contribution in [0.5, 0.6) is 0 Å². The van der Waals surface area contributed by atoms with Crippen LogP contribution in [0.1, 0.15) is 19.3 Å². The van der Waals surface area contributed by atoms with Gasteiger partial charge in [0.2, 0.25) is 0 Å². The Morgan fingerprint density at radius 1 is 1.40 bits per heavy atom. The molecule has 15 heavy (non-hydrogen) atoms. The highest BCUT2D eigenvalue weighted by molar-refractivity contribution is 5.44. The van der Waals surface area contributed by atoms with Crippen molar-refractivity contribution in [2.24, 2.45) is 5.92 Å². The fourth-order valence-electron chi connectivity index (χ4n) is 1.41. The number of hydrogen-bond donors (Lipinski definition) is 2. The molecule has 1 heterocycles. The summed E-state index contributed by atoms with van der Waals surface area (Å²) >= 11 is 0. The van der Waals surface area contributed by atoms with Crippen molar-refractivity contribution in [3.63, 3.8) is 0 Å². The normalized spacial score (nSPS) is 15.3. The molecule has 5 heteroatoms. The Balaban J connectivity index is 1.96. The maximum atomic E-state index is 13.1. The van der Waals surface area contributed by atoms with E-state index in [1.165, 1.54) is 12.8 Å². The van der Waals surface area contributed by atoms with E-state index in [-0.39, 0.29) is 11.6 Å². The highest BCUT2D eigenvalue weighted by Crippen LogP contribution is 2.32. The third-order valence-corrected chi connectivity index (χ3v) is 2.50. The molecule has 1 saturated carbocycles. The third-order valence-electron chi connectivity index (χ3n) is 2.50. The second-order valence-electron chi connectivity index (χ2n) is 3.84. The van der Waals surface area contributed by atoms with Gasteiger partial charge in [-0.15, -0.1) is 0 Å². The fraction of sp³-hybridized carbons (Fsp3) is 0.500. The highest BCUT2D eigenvalue weighted by atomic mass is 19.1. The van der Waals surface area contributed by atoms with E-state index in [1.54, 1.807) is 0 Å². The summed E-state index contributed by atoms with van der Waals surface area (Å²) in [6.07, 6.45) is 3.50. The van der Waals surface area contributed by atoms with Gasteiger partial charge in [-0.05, 0) is 12.3 Å². The van der Waals surface area contributed by atoms with Crippen LogP contribution in [0.3, 0.4) is 0 Å². The summed E-state index contributed by atoms with van der Waals surface area (Å²) in [5.41, 5.74) is 5.24. The molecule has 1 fully saturated rings. The fourth-order valence-corrected chi connectivity index (χ4v) is 1.41. The van der Waals surface area contributed by atoms with Gasteiger partial charge < -0.3 is 11.1 Å².